The molecule has 0 bridgehead atoms. The van der Waals surface area contributed by atoms with Crippen LogP contribution in [0.15, 0.2) is 0 Å². The lowest BCUT2D eigenvalue weighted by atomic mass is 10.4. The van der Waals surface area contributed by atoms with Crippen LogP contribution in [-0.4, -0.2) is 56.1 Å². The summed E-state index contributed by atoms with van der Waals surface area (Å²) in [7, 11) is 1.61. The van der Waals surface area contributed by atoms with Crippen LogP contribution in [0.3, 0.4) is 0 Å². The molecule has 0 aromatic heterocycles. The number of carbonyl (C=O) groups is 1. The number of hydrogen-bond donors (Lipinski definition) is 1. The molecule has 0 spiro atoms. The van der Waals surface area contributed by atoms with Crippen molar-refractivity contribution in [1.82, 2.24) is 4.90 Å². The molecule has 0 saturated heterocycles. The molecule has 0 atom stereocenters. The van der Waals surface area contributed by atoms with Crippen LogP contribution < -0.4 is 0 Å². The van der Waals surface area contributed by atoms with Gasteiger partial charge in [0.05, 0.1) is 6.61 Å². The Balaban J connectivity index is 3.43. The Labute approximate surface area is 90.0 Å². The van der Waals surface area contributed by atoms with Gasteiger partial charge in [0.15, 0.2) is 0 Å². The van der Waals surface area contributed by atoms with E-state index in [0.29, 0.717) is 19.6 Å². The van der Waals surface area contributed by atoms with Crippen LogP contribution in [0.5, 0.6) is 0 Å². The predicted octanol–water partition coefficient (Wildman–Crippen LogP) is 0.0870. The molecule has 0 aliphatic rings. The molecule has 0 saturated carbocycles. The molecule has 5 heteroatoms. The van der Waals surface area contributed by atoms with Crippen molar-refractivity contribution < 1.29 is 19.4 Å². The average Bonchev–Trinajstić information content (AvgIpc) is 2.25. The largest absolute Gasteiger partial charge is 0.447 e. The number of amides is 1. The van der Waals surface area contributed by atoms with Gasteiger partial charge in [-0.25, -0.2) is 4.79 Å². The average molecular weight is 215 g/mol. The Kier molecular flexibility index (Phi) is 8.53. The molecule has 1 N–H and O–H groups in total. The van der Waals surface area contributed by atoms with Crippen LogP contribution in [0, 0.1) is 12.3 Å². The number of aliphatic hydroxyl groups is 1. The van der Waals surface area contributed by atoms with Crippen LogP contribution in [0.1, 0.15) is 6.42 Å². The summed E-state index contributed by atoms with van der Waals surface area (Å²) < 4.78 is 9.78. The molecule has 0 aromatic carbocycles. The number of terminal acetylenes is 1. The van der Waals surface area contributed by atoms with E-state index in [1.807, 2.05) is 0 Å². The van der Waals surface area contributed by atoms with Gasteiger partial charge in [-0.05, 0) is 6.42 Å². The highest BCUT2D eigenvalue weighted by molar-refractivity contribution is 5.67. The van der Waals surface area contributed by atoms with Gasteiger partial charge >= 0.3 is 6.09 Å². The van der Waals surface area contributed by atoms with E-state index >= 15 is 0 Å². The first-order chi connectivity index (χ1) is 7.22. The number of rotatable bonds is 7. The minimum Gasteiger partial charge on any atom is -0.447 e. The van der Waals surface area contributed by atoms with E-state index < -0.39 is 6.09 Å². The third-order valence-corrected chi connectivity index (χ3v) is 1.60. The molecule has 0 radical (unpaired) electrons. The molecule has 0 aliphatic carbocycles. The van der Waals surface area contributed by atoms with Gasteiger partial charge in [0.1, 0.15) is 13.2 Å². The topological polar surface area (TPSA) is 59.0 Å². The first-order valence-electron chi connectivity index (χ1n) is 4.72. The molecule has 1 amide bonds. The third-order valence-electron chi connectivity index (χ3n) is 1.60. The number of nitrogens with zero attached hydrogens (tertiary/aromatic N) is 1. The zero-order chi connectivity index (χ0) is 11.5. The highest BCUT2D eigenvalue weighted by Gasteiger charge is 2.08. The molecular formula is C10H17NO4. The lowest BCUT2D eigenvalue weighted by Crippen LogP contribution is -2.29. The predicted molar refractivity (Wildman–Crippen MR) is 55.3 cm³/mol. The van der Waals surface area contributed by atoms with E-state index in [0.717, 1.165) is 0 Å². The number of carbonyl (C=O) groups excluding carboxylic acids is 1. The summed E-state index contributed by atoms with van der Waals surface area (Å²) >= 11 is 0. The van der Waals surface area contributed by atoms with E-state index in [-0.39, 0.29) is 19.8 Å². The number of ether oxygens (including phenoxy) is 2. The monoisotopic (exact) mass is 215 g/mol. The van der Waals surface area contributed by atoms with E-state index in [9.17, 15) is 4.79 Å². The highest BCUT2D eigenvalue weighted by Crippen LogP contribution is 1.92. The van der Waals surface area contributed by atoms with Crippen molar-refractivity contribution in [3.05, 3.63) is 0 Å². The molecule has 86 valence electrons. The molecule has 0 heterocycles. The quantitative estimate of drug-likeness (QED) is 0.483. The Morgan fingerprint density at radius 1 is 1.53 bits per heavy atom. The maximum absolute atomic E-state index is 11.2. The van der Waals surface area contributed by atoms with Crippen LogP contribution in [0.25, 0.3) is 0 Å². The van der Waals surface area contributed by atoms with Crippen molar-refractivity contribution in [1.29, 1.82) is 0 Å². The molecular weight excluding hydrogens is 198 g/mol. The van der Waals surface area contributed by atoms with Crippen LogP contribution in [-0.2, 0) is 9.47 Å². The third kappa shape index (κ3) is 7.79. The second-order valence-electron chi connectivity index (χ2n) is 2.87. The normalized spacial score (nSPS) is 9.40. The Morgan fingerprint density at radius 3 is 2.87 bits per heavy atom. The van der Waals surface area contributed by atoms with Gasteiger partial charge < -0.3 is 19.5 Å². The fourth-order valence-electron chi connectivity index (χ4n) is 0.828. The fraction of sp³-hybridized carbons (Fsp3) is 0.700. The van der Waals surface area contributed by atoms with Crippen molar-refractivity contribution in [3.63, 3.8) is 0 Å². The van der Waals surface area contributed by atoms with E-state index in [1.54, 1.807) is 7.05 Å². The van der Waals surface area contributed by atoms with Crippen LogP contribution in [0.4, 0.5) is 4.79 Å². The Morgan fingerprint density at radius 2 is 2.27 bits per heavy atom. The summed E-state index contributed by atoms with van der Waals surface area (Å²) in [5.41, 5.74) is 0. The second-order valence-corrected chi connectivity index (χ2v) is 2.87. The number of hydrogen-bond acceptors (Lipinski definition) is 4. The van der Waals surface area contributed by atoms with Crippen molar-refractivity contribution in [3.8, 4) is 12.3 Å². The zero-order valence-electron chi connectivity index (χ0n) is 8.94. The van der Waals surface area contributed by atoms with Gasteiger partial charge in [0.2, 0.25) is 0 Å². The lowest BCUT2D eigenvalue weighted by Gasteiger charge is -2.15. The molecule has 5 nitrogen and oxygen atoms in total. The van der Waals surface area contributed by atoms with Crippen molar-refractivity contribution in [2.24, 2.45) is 0 Å². The van der Waals surface area contributed by atoms with Crippen molar-refractivity contribution in [2.45, 2.75) is 6.42 Å². The lowest BCUT2D eigenvalue weighted by molar-refractivity contribution is 0.0682. The zero-order valence-corrected chi connectivity index (χ0v) is 8.94. The van der Waals surface area contributed by atoms with Crippen molar-refractivity contribution in [2.75, 3.05) is 40.0 Å². The minimum absolute atomic E-state index is 0.0584. The smallest absolute Gasteiger partial charge is 0.409 e. The first kappa shape index (κ1) is 13.8. The summed E-state index contributed by atoms with van der Waals surface area (Å²) in [4.78, 5) is 12.6. The Hall–Kier alpha value is -1.25. The summed E-state index contributed by atoms with van der Waals surface area (Å²) in [6.45, 7) is 1.23. The SMILES string of the molecule is C#CCOCCOC(=O)N(C)CCCO. The van der Waals surface area contributed by atoms with E-state index in [1.165, 1.54) is 4.90 Å². The number of aliphatic hydroxyl groups excluding tert-OH is 1. The van der Waals surface area contributed by atoms with Gasteiger partial charge in [-0.3, -0.25) is 0 Å². The van der Waals surface area contributed by atoms with Crippen molar-refractivity contribution >= 4 is 6.09 Å². The summed E-state index contributed by atoms with van der Waals surface area (Å²) in [5, 5.41) is 8.55. The first-order valence-corrected chi connectivity index (χ1v) is 4.72. The maximum atomic E-state index is 11.2. The van der Waals surface area contributed by atoms with Crippen LogP contribution >= 0.6 is 0 Å². The second kappa shape index (κ2) is 9.31. The van der Waals surface area contributed by atoms with E-state index in [4.69, 9.17) is 21.0 Å². The summed E-state index contributed by atoms with van der Waals surface area (Å²) in [5.74, 6) is 2.31. The summed E-state index contributed by atoms with van der Waals surface area (Å²) in [6.07, 6.45) is 5.08. The van der Waals surface area contributed by atoms with Gasteiger partial charge in [-0.1, -0.05) is 5.92 Å². The molecule has 15 heavy (non-hydrogen) atoms. The molecule has 0 rings (SSSR count). The Bertz CT molecular complexity index is 212. The van der Waals surface area contributed by atoms with Gasteiger partial charge in [0, 0.05) is 20.2 Å². The minimum atomic E-state index is -0.423. The van der Waals surface area contributed by atoms with Gasteiger partial charge in [0.25, 0.3) is 0 Å². The highest BCUT2D eigenvalue weighted by atomic mass is 16.6. The molecule has 0 aliphatic heterocycles. The van der Waals surface area contributed by atoms with Crippen LogP contribution in [0.2, 0.25) is 0 Å². The maximum Gasteiger partial charge on any atom is 0.409 e. The fourth-order valence-corrected chi connectivity index (χ4v) is 0.828. The van der Waals surface area contributed by atoms with Gasteiger partial charge in [-0.2, -0.15) is 0 Å². The van der Waals surface area contributed by atoms with Gasteiger partial charge in [-0.15, -0.1) is 6.42 Å². The molecule has 0 aromatic rings. The van der Waals surface area contributed by atoms with E-state index in [2.05, 4.69) is 5.92 Å². The molecule has 0 fully saturated rings. The standard InChI is InChI=1S/C10H17NO4/c1-3-7-14-8-9-15-10(13)11(2)5-4-6-12/h1,12H,4-9H2,2H3. The summed E-state index contributed by atoms with van der Waals surface area (Å²) in [6, 6.07) is 0. The molecule has 0 unspecified atom stereocenters.